The van der Waals surface area contributed by atoms with Gasteiger partial charge in [-0.1, -0.05) is 23.2 Å². The third-order valence-corrected chi connectivity index (χ3v) is 7.03. The Morgan fingerprint density at radius 2 is 1.70 bits per heavy atom. The minimum absolute atomic E-state index is 0.00183. The normalized spacial score (nSPS) is 14.9. The zero-order chi connectivity index (χ0) is 21.9. The van der Waals surface area contributed by atoms with E-state index in [-0.39, 0.29) is 28.6 Å². The highest BCUT2D eigenvalue weighted by molar-refractivity contribution is 7.89. The number of anilines is 1. The third-order valence-electron chi connectivity index (χ3n) is 4.51. The number of hydrogen-bond acceptors (Lipinski definition) is 6. The van der Waals surface area contributed by atoms with Crippen LogP contribution < -0.4 is 14.8 Å². The van der Waals surface area contributed by atoms with Gasteiger partial charge < -0.3 is 19.5 Å². The van der Waals surface area contributed by atoms with Gasteiger partial charge >= 0.3 is 0 Å². The fourth-order valence-corrected chi connectivity index (χ4v) is 4.79. The average molecular weight is 475 g/mol. The van der Waals surface area contributed by atoms with Crippen LogP contribution in [0.1, 0.15) is 10.4 Å². The second-order valence-electron chi connectivity index (χ2n) is 6.30. The van der Waals surface area contributed by atoms with Crippen molar-refractivity contribution in [3.8, 4) is 11.5 Å². The molecule has 0 atom stereocenters. The van der Waals surface area contributed by atoms with Crippen LogP contribution in [0.5, 0.6) is 11.5 Å². The van der Waals surface area contributed by atoms with Crippen LogP contribution in [0, 0.1) is 0 Å². The molecule has 1 fully saturated rings. The summed E-state index contributed by atoms with van der Waals surface area (Å²) in [6.45, 7) is 1.12. The van der Waals surface area contributed by atoms with Gasteiger partial charge in [-0.05, 0) is 18.2 Å². The smallest absolute Gasteiger partial charge is 0.257 e. The number of carbonyl (C=O) groups is 1. The summed E-state index contributed by atoms with van der Waals surface area (Å²) in [6, 6.07) is 7.00. The molecule has 1 heterocycles. The van der Waals surface area contributed by atoms with Crippen LogP contribution in [-0.2, 0) is 14.8 Å². The molecule has 1 saturated heterocycles. The van der Waals surface area contributed by atoms with E-state index in [1.807, 2.05) is 0 Å². The van der Waals surface area contributed by atoms with Crippen LogP contribution >= 0.6 is 23.2 Å². The van der Waals surface area contributed by atoms with Gasteiger partial charge in [0, 0.05) is 25.2 Å². The van der Waals surface area contributed by atoms with Gasteiger partial charge in [-0.3, -0.25) is 4.79 Å². The average Bonchev–Trinajstić information content (AvgIpc) is 2.75. The highest BCUT2D eigenvalue weighted by Crippen LogP contribution is 2.36. The fraction of sp³-hybridized carbons (Fsp3) is 0.316. The number of amides is 1. The van der Waals surface area contributed by atoms with Crippen LogP contribution in [0.25, 0.3) is 0 Å². The lowest BCUT2D eigenvalue weighted by Gasteiger charge is -2.26. The molecule has 162 valence electrons. The van der Waals surface area contributed by atoms with Crippen molar-refractivity contribution in [2.24, 2.45) is 0 Å². The predicted molar refractivity (Wildman–Crippen MR) is 114 cm³/mol. The molecule has 8 nitrogen and oxygen atoms in total. The number of methoxy groups -OCH3 is 2. The standard InChI is InChI=1S/C19H20Cl2N2O6S/c1-27-17-11-16(18(28-2)10-15(17)21)22-19(24)13-9-12(3-4-14(13)20)30(25,26)23-5-7-29-8-6-23/h3-4,9-11H,5-8H2,1-2H3,(H,22,24). The molecule has 0 unspecified atom stereocenters. The highest BCUT2D eigenvalue weighted by atomic mass is 35.5. The summed E-state index contributed by atoms with van der Waals surface area (Å²) in [5.74, 6) is 0.0339. The van der Waals surface area contributed by atoms with Crippen molar-refractivity contribution >= 4 is 44.8 Å². The molecule has 0 aliphatic carbocycles. The van der Waals surface area contributed by atoms with Crippen molar-refractivity contribution in [1.29, 1.82) is 0 Å². The van der Waals surface area contributed by atoms with E-state index in [1.165, 1.54) is 48.9 Å². The first kappa shape index (κ1) is 22.6. The molecule has 2 aromatic carbocycles. The van der Waals surface area contributed by atoms with Crippen molar-refractivity contribution in [3.63, 3.8) is 0 Å². The second-order valence-corrected chi connectivity index (χ2v) is 9.05. The maximum atomic E-state index is 12.9. The molecule has 0 aromatic heterocycles. The number of ether oxygens (including phenoxy) is 3. The lowest BCUT2D eigenvalue weighted by Crippen LogP contribution is -2.40. The van der Waals surface area contributed by atoms with Crippen LogP contribution in [0.4, 0.5) is 5.69 Å². The lowest BCUT2D eigenvalue weighted by atomic mass is 10.2. The number of nitrogens with zero attached hydrogens (tertiary/aromatic N) is 1. The van der Waals surface area contributed by atoms with Gasteiger partial charge in [0.1, 0.15) is 11.5 Å². The molecule has 3 rings (SSSR count). The summed E-state index contributed by atoms with van der Waals surface area (Å²) < 4.78 is 42.7. The molecular formula is C19H20Cl2N2O6S. The predicted octanol–water partition coefficient (Wildman–Crippen LogP) is 3.28. The number of benzene rings is 2. The van der Waals surface area contributed by atoms with Crippen molar-refractivity contribution in [1.82, 2.24) is 4.31 Å². The number of carbonyl (C=O) groups excluding carboxylic acids is 1. The van der Waals surface area contributed by atoms with E-state index in [0.717, 1.165) is 0 Å². The van der Waals surface area contributed by atoms with E-state index in [4.69, 9.17) is 37.4 Å². The summed E-state index contributed by atoms with van der Waals surface area (Å²) in [7, 11) is -0.917. The van der Waals surface area contributed by atoms with Gasteiger partial charge in [0.25, 0.3) is 5.91 Å². The van der Waals surface area contributed by atoms with Crippen molar-refractivity contribution in [3.05, 3.63) is 45.9 Å². The Hall–Kier alpha value is -2.04. The van der Waals surface area contributed by atoms with Gasteiger partial charge in [0.05, 0.1) is 53.6 Å². The molecule has 1 aliphatic rings. The maximum Gasteiger partial charge on any atom is 0.257 e. The Bertz CT molecular complexity index is 1060. The molecular weight excluding hydrogens is 455 g/mol. The van der Waals surface area contributed by atoms with E-state index in [2.05, 4.69) is 5.32 Å². The SMILES string of the molecule is COc1cc(NC(=O)c2cc(S(=O)(=O)N3CCOCC3)ccc2Cl)c(OC)cc1Cl. The molecule has 2 aromatic rings. The number of sulfonamides is 1. The number of hydrogen-bond donors (Lipinski definition) is 1. The van der Waals surface area contributed by atoms with Crippen LogP contribution in [-0.4, -0.2) is 59.2 Å². The molecule has 1 N–H and O–H groups in total. The lowest BCUT2D eigenvalue weighted by molar-refractivity contribution is 0.0730. The zero-order valence-electron chi connectivity index (χ0n) is 16.3. The largest absolute Gasteiger partial charge is 0.495 e. The van der Waals surface area contributed by atoms with Gasteiger partial charge in [-0.25, -0.2) is 8.42 Å². The van der Waals surface area contributed by atoms with Gasteiger partial charge in [0.2, 0.25) is 10.0 Å². The summed E-state index contributed by atoms with van der Waals surface area (Å²) in [5, 5.41) is 3.08. The van der Waals surface area contributed by atoms with Gasteiger partial charge in [-0.15, -0.1) is 0 Å². The summed E-state index contributed by atoms with van der Waals surface area (Å²) >= 11 is 12.3. The number of halogens is 2. The van der Waals surface area contributed by atoms with Crippen LogP contribution in [0.15, 0.2) is 35.2 Å². The van der Waals surface area contributed by atoms with E-state index in [1.54, 1.807) is 0 Å². The van der Waals surface area contributed by atoms with Crippen LogP contribution in [0.3, 0.4) is 0 Å². The minimum atomic E-state index is -3.78. The van der Waals surface area contributed by atoms with E-state index in [9.17, 15) is 13.2 Å². The van der Waals surface area contributed by atoms with Crippen molar-refractivity contribution in [2.75, 3.05) is 45.8 Å². The quantitative estimate of drug-likeness (QED) is 0.690. The Morgan fingerprint density at radius 3 is 2.33 bits per heavy atom. The molecule has 0 saturated carbocycles. The molecule has 1 aliphatic heterocycles. The number of nitrogens with one attached hydrogen (secondary N) is 1. The zero-order valence-corrected chi connectivity index (χ0v) is 18.6. The molecule has 30 heavy (non-hydrogen) atoms. The van der Waals surface area contributed by atoms with E-state index < -0.39 is 15.9 Å². The molecule has 0 spiro atoms. The molecule has 0 bridgehead atoms. The number of rotatable bonds is 6. The number of morpholine rings is 1. The molecule has 0 radical (unpaired) electrons. The molecule has 11 heteroatoms. The van der Waals surface area contributed by atoms with Crippen LogP contribution in [0.2, 0.25) is 10.0 Å². The van der Waals surface area contributed by atoms with E-state index >= 15 is 0 Å². The Morgan fingerprint density at radius 1 is 1.03 bits per heavy atom. The fourth-order valence-electron chi connectivity index (χ4n) is 2.92. The first-order chi connectivity index (χ1) is 14.3. The van der Waals surface area contributed by atoms with Crippen molar-refractivity contribution in [2.45, 2.75) is 4.90 Å². The highest BCUT2D eigenvalue weighted by Gasteiger charge is 2.28. The Kier molecular flexibility index (Phi) is 7.10. The monoisotopic (exact) mass is 474 g/mol. The van der Waals surface area contributed by atoms with Crippen molar-refractivity contribution < 1.29 is 27.4 Å². The topological polar surface area (TPSA) is 94.2 Å². The third kappa shape index (κ3) is 4.65. The maximum absolute atomic E-state index is 12.9. The second kappa shape index (κ2) is 9.40. The summed E-state index contributed by atoms with van der Waals surface area (Å²) in [4.78, 5) is 12.9. The van der Waals surface area contributed by atoms with E-state index in [0.29, 0.717) is 35.4 Å². The minimum Gasteiger partial charge on any atom is -0.495 e. The summed E-state index contributed by atoms with van der Waals surface area (Å²) in [5.41, 5.74) is 0.295. The first-order valence-corrected chi connectivity index (χ1v) is 11.1. The Labute approximate surface area is 184 Å². The first-order valence-electron chi connectivity index (χ1n) is 8.88. The van der Waals surface area contributed by atoms with Gasteiger partial charge in [-0.2, -0.15) is 4.31 Å². The summed E-state index contributed by atoms with van der Waals surface area (Å²) in [6.07, 6.45) is 0. The van der Waals surface area contributed by atoms with Gasteiger partial charge in [0.15, 0.2) is 0 Å². The Balaban J connectivity index is 1.93. The molecule has 1 amide bonds.